The third-order valence-corrected chi connectivity index (χ3v) is 2.90. The molecule has 1 heterocycles. The van der Waals surface area contributed by atoms with Crippen molar-refractivity contribution in [2.45, 2.75) is 6.10 Å². The van der Waals surface area contributed by atoms with Gasteiger partial charge in [0.05, 0.1) is 0 Å². The van der Waals surface area contributed by atoms with Crippen molar-refractivity contribution in [3.8, 4) is 0 Å². The van der Waals surface area contributed by atoms with Gasteiger partial charge < -0.3 is 5.11 Å². The van der Waals surface area contributed by atoms with Gasteiger partial charge in [-0.3, -0.25) is 0 Å². The lowest BCUT2D eigenvalue weighted by Gasteiger charge is -2.08. The SMILES string of the molecule is O[C@@H](c1cccc(F)c1)c1cccs1. The van der Waals surface area contributed by atoms with Crippen molar-refractivity contribution < 1.29 is 9.50 Å². The second kappa shape index (κ2) is 3.90. The van der Waals surface area contributed by atoms with Gasteiger partial charge in [0.25, 0.3) is 0 Å². The van der Waals surface area contributed by atoms with Gasteiger partial charge in [0.1, 0.15) is 11.9 Å². The number of aliphatic hydroxyl groups excluding tert-OH is 1. The van der Waals surface area contributed by atoms with E-state index in [1.54, 1.807) is 12.1 Å². The Bertz CT molecular complexity index is 411. The summed E-state index contributed by atoms with van der Waals surface area (Å²) in [6.07, 6.45) is -0.717. The first-order valence-corrected chi connectivity index (χ1v) is 5.12. The maximum atomic E-state index is 12.9. The molecule has 0 aliphatic heterocycles. The third-order valence-electron chi connectivity index (χ3n) is 1.98. The first kappa shape index (κ1) is 9.37. The molecule has 1 aromatic carbocycles. The van der Waals surface area contributed by atoms with Gasteiger partial charge in [-0.15, -0.1) is 11.3 Å². The van der Waals surface area contributed by atoms with Gasteiger partial charge in [0.15, 0.2) is 0 Å². The summed E-state index contributed by atoms with van der Waals surface area (Å²) in [5.74, 6) is -0.321. The normalized spacial score (nSPS) is 12.7. The Labute approximate surface area is 85.5 Å². The molecule has 72 valence electrons. The molecule has 0 amide bonds. The fraction of sp³-hybridized carbons (Fsp3) is 0.0909. The quantitative estimate of drug-likeness (QED) is 0.804. The molecule has 1 aromatic heterocycles. The molecule has 0 fully saturated rings. The number of hydrogen-bond donors (Lipinski definition) is 1. The fourth-order valence-electron chi connectivity index (χ4n) is 1.29. The summed E-state index contributed by atoms with van der Waals surface area (Å²) < 4.78 is 12.9. The Hall–Kier alpha value is -1.19. The predicted molar refractivity (Wildman–Crippen MR) is 54.8 cm³/mol. The topological polar surface area (TPSA) is 20.2 Å². The van der Waals surface area contributed by atoms with Gasteiger partial charge >= 0.3 is 0 Å². The number of rotatable bonds is 2. The smallest absolute Gasteiger partial charge is 0.123 e. The van der Waals surface area contributed by atoms with Crippen LogP contribution in [0.3, 0.4) is 0 Å². The van der Waals surface area contributed by atoms with Crippen LogP contribution in [0.25, 0.3) is 0 Å². The van der Waals surface area contributed by atoms with Crippen molar-refractivity contribution in [3.05, 3.63) is 58.0 Å². The monoisotopic (exact) mass is 208 g/mol. The first-order chi connectivity index (χ1) is 6.77. The number of thiophene rings is 1. The zero-order valence-corrected chi connectivity index (χ0v) is 8.17. The van der Waals surface area contributed by atoms with Gasteiger partial charge in [-0.25, -0.2) is 4.39 Å². The molecule has 0 saturated heterocycles. The van der Waals surface area contributed by atoms with Crippen molar-refractivity contribution in [2.24, 2.45) is 0 Å². The number of benzene rings is 1. The lowest BCUT2D eigenvalue weighted by molar-refractivity contribution is 0.223. The summed E-state index contributed by atoms with van der Waals surface area (Å²) in [7, 11) is 0. The molecule has 1 atom stereocenters. The van der Waals surface area contributed by atoms with Crippen LogP contribution in [0.2, 0.25) is 0 Å². The summed E-state index contributed by atoms with van der Waals surface area (Å²) in [5.41, 5.74) is 0.590. The van der Waals surface area contributed by atoms with Crippen molar-refractivity contribution in [1.82, 2.24) is 0 Å². The highest BCUT2D eigenvalue weighted by Gasteiger charge is 2.11. The lowest BCUT2D eigenvalue weighted by Crippen LogP contribution is -1.96. The zero-order valence-electron chi connectivity index (χ0n) is 7.35. The molecule has 3 heteroatoms. The highest BCUT2D eigenvalue weighted by atomic mass is 32.1. The van der Waals surface area contributed by atoms with Crippen LogP contribution < -0.4 is 0 Å². The number of halogens is 1. The Morgan fingerprint density at radius 3 is 2.71 bits per heavy atom. The summed E-state index contributed by atoms with van der Waals surface area (Å²) in [4.78, 5) is 0.829. The standard InChI is InChI=1S/C11H9FOS/c12-9-4-1-3-8(7-9)11(13)10-5-2-6-14-10/h1-7,11,13H/t11-/m0/s1. The molecule has 0 unspecified atom stereocenters. The minimum Gasteiger partial charge on any atom is -0.383 e. The minimum absolute atomic E-state index is 0.321. The molecule has 1 N–H and O–H groups in total. The van der Waals surface area contributed by atoms with Gasteiger partial charge in [-0.05, 0) is 29.1 Å². The van der Waals surface area contributed by atoms with E-state index in [1.165, 1.54) is 23.5 Å². The molecular weight excluding hydrogens is 199 g/mol. The molecule has 0 bridgehead atoms. The highest BCUT2D eigenvalue weighted by Crippen LogP contribution is 2.25. The molecule has 0 aliphatic rings. The lowest BCUT2D eigenvalue weighted by atomic mass is 10.1. The average Bonchev–Trinajstić information content (AvgIpc) is 2.69. The predicted octanol–water partition coefficient (Wildman–Crippen LogP) is 2.97. The molecule has 1 nitrogen and oxygen atoms in total. The van der Waals surface area contributed by atoms with Gasteiger partial charge in [-0.2, -0.15) is 0 Å². The summed E-state index contributed by atoms with van der Waals surface area (Å²) in [6, 6.07) is 9.73. The molecule has 2 rings (SSSR count). The van der Waals surface area contributed by atoms with Crippen LogP contribution in [0.15, 0.2) is 41.8 Å². The largest absolute Gasteiger partial charge is 0.383 e. The Balaban J connectivity index is 2.32. The number of hydrogen-bond acceptors (Lipinski definition) is 2. The van der Waals surface area contributed by atoms with E-state index in [1.807, 2.05) is 17.5 Å². The molecule has 0 aliphatic carbocycles. The Morgan fingerprint density at radius 1 is 1.21 bits per heavy atom. The van der Waals surface area contributed by atoms with Crippen molar-refractivity contribution in [3.63, 3.8) is 0 Å². The van der Waals surface area contributed by atoms with E-state index in [9.17, 15) is 9.50 Å². The maximum Gasteiger partial charge on any atom is 0.123 e. The van der Waals surface area contributed by atoms with Gasteiger partial charge in [-0.1, -0.05) is 18.2 Å². The van der Waals surface area contributed by atoms with Gasteiger partial charge in [0, 0.05) is 4.88 Å². The van der Waals surface area contributed by atoms with Crippen LogP contribution in [0.1, 0.15) is 16.5 Å². The first-order valence-electron chi connectivity index (χ1n) is 4.24. The Kier molecular flexibility index (Phi) is 2.61. The summed E-state index contributed by atoms with van der Waals surface area (Å²) in [6.45, 7) is 0. The van der Waals surface area contributed by atoms with E-state index in [-0.39, 0.29) is 5.82 Å². The van der Waals surface area contributed by atoms with Crippen LogP contribution in [-0.4, -0.2) is 5.11 Å². The van der Waals surface area contributed by atoms with E-state index >= 15 is 0 Å². The summed E-state index contributed by atoms with van der Waals surface area (Å²) >= 11 is 1.46. The minimum atomic E-state index is -0.717. The molecule has 0 saturated carbocycles. The second-order valence-corrected chi connectivity index (χ2v) is 3.95. The van der Waals surface area contributed by atoms with Crippen LogP contribution in [0, 0.1) is 5.82 Å². The highest BCUT2D eigenvalue weighted by molar-refractivity contribution is 7.10. The van der Waals surface area contributed by atoms with E-state index in [2.05, 4.69) is 0 Å². The zero-order chi connectivity index (χ0) is 9.97. The van der Waals surface area contributed by atoms with E-state index in [0.717, 1.165) is 4.88 Å². The molecule has 14 heavy (non-hydrogen) atoms. The number of aliphatic hydroxyl groups is 1. The van der Waals surface area contributed by atoms with E-state index < -0.39 is 6.10 Å². The molecule has 2 aromatic rings. The van der Waals surface area contributed by atoms with Crippen LogP contribution >= 0.6 is 11.3 Å². The average molecular weight is 208 g/mol. The van der Waals surface area contributed by atoms with Crippen molar-refractivity contribution in [2.75, 3.05) is 0 Å². The third kappa shape index (κ3) is 1.84. The maximum absolute atomic E-state index is 12.9. The van der Waals surface area contributed by atoms with E-state index in [0.29, 0.717) is 5.56 Å². The van der Waals surface area contributed by atoms with Gasteiger partial charge in [0.2, 0.25) is 0 Å². The second-order valence-electron chi connectivity index (χ2n) is 2.97. The van der Waals surface area contributed by atoms with Crippen molar-refractivity contribution in [1.29, 1.82) is 0 Å². The van der Waals surface area contributed by atoms with Crippen LogP contribution in [-0.2, 0) is 0 Å². The van der Waals surface area contributed by atoms with Crippen LogP contribution in [0.5, 0.6) is 0 Å². The van der Waals surface area contributed by atoms with E-state index in [4.69, 9.17) is 0 Å². The van der Waals surface area contributed by atoms with Crippen molar-refractivity contribution >= 4 is 11.3 Å². The Morgan fingerprint density at radius 2 is 2.07 bits per heavy atom. The summed E-state index contributed by atoms with van der Waals surface area (Å²) in [5, 5.41) is 11.7. The molecular formula is C11H9FOS. The molecule has 0 radical (unpaired) electrons. The van der Waals surface area contributed by atoms with Crippen LogP contribution in [0.4, 0.5) is 4.39 Å². The molecule has 0 spiro atoms. The fourth-order valence-corrected chi connectivity index (χ4v) is 2.02.